The third kappa shape index (κ3) is 3.61. The zero-order chi connectivity index (χ0) is 14.4. The zero-order valence-electron chi connectivity index (χ0n) is 11.9. The van der Waals surface area contributed by atoms with Gasteiger partial charge in [0.25, 0.3) is 5.91 Å². The van der Waals surface area contributed by atoms with Crippen molar-refractivity contribution in [2.24, 2.45) is 5.92 Å². The van der Waals surface area contributed by atoms with Crippen molar-refractivity contribution in [3.05, 3.63) is 35.4 Å². The standard InChI is InChI=1S/C17H21NO2/c1-18(13-14-7-6-8-14)17(20)16-11-3-2-9-15(16)10-4-5-12-19/h2-3,9,11,14,19H,5-8,12-13H2,1H3. The summed E-state index contributed by atoms with van der Waals surface area (Å²) in [5, 5.41) is 8.77. The molecule has 1 fully saturated rings. The van der Waals surface area contributed by atoms with Crippen LogP contribution >= 0.6 is 0 Å². The van der Waals surface area contributed by atoms with Crippen molar-refractivity contribution >= 4 is 5.91 Å². The average molecular weight is 271 g/mol. The Labute approximate surface area is 120 Å². The first kappa shape index (κ1) is 14.6. The van der Waals surface area contributed by atoms with Crippen molar-refractivity contribution in [1.82, 2.24) is 4.90 Å². The van der Waals surface area contributed by atoms with E-state index < -0.39 is 0 Å². The molecule has 3 heteroatoms. The maximum atomic E-state index is 12.5. The first-order valence-electron chi connectivity index (χ1n) is 7.16. The molecule has 0 unspecified atom stereocenters. The Morgan fingerprint density at radius 1 is 1.40 bits per heavy atom. The van der Waals surface area contributed by atoms with Gasteiger partial charge in [-0.25, -0.2) is 0 Å². The molecule has 1 N–H and O–H groups in total. The lowest BCUT2D eigenvalue weighted by atomic mass is 9.85. The molecule has 1 saturated carbocycles. The number of carbonyl (C=O) groups excluding carboxylic acids is 1. The summed E-state index contributed by atoms with van der Waals surface area (Å²) in [6.07, 6.45) is 4.18. The van der Waals surface area contributed by atoms with Crippen LogP contribution in [-0.4, -0.2) is 36.1 Å². The summed E-state index contributed by atoms with van der Waals surface area (Å²) < 4.78 is 0. The fourth-order valence-corrected chi connectivity index (χ4v) is 2.34. The van der Waals surface area contributed by atoms with Crippen molar-refractivity contribution in [3.63, 3.8) is 0 Å². The van der Waals surface area contributed by atoms with E-state index in [1.54, 1.807) is 4.90 Å². The molecule has 20 heavy (non-hydrogen) atoms. The van der Waals surface area contributed by atoms with Gasteiger partial charge < -0.3 is 10.0 Å². The van der Waals surface area contributed by atoms with Crippen LogP contribution in [0, 0.1) is 17.8 Å². The van der Waals surface area contributed by atoms with Gasteiger partial charge in [-0.1, -0.05) is 30.4 Å². The van der Waals surface area contributed by atoms with E-state index in [-0.39, 0.29) is 12.5 Å². The van der Waals surface area contributed by atoms with Crippen molar-refractivity contribution in [3.8, 4) is 11.8 Å². The molecule has 1 aromatic rings. The lowest BCUT2D eigenvalue weighted by molar-refractivity contribution is 0.0745. The summed E-state index contributed by atoms with van der Waals surface area (Å²) in [6, 6.07) is 7.42. The van der Waals surface area contributed by atoms with Crippen LogP contribution in [0.2, 0.25) is 0 Å². The topological polar surface area (TPSA) is 40.5 Å². The Morgan fingerprint density at radius 3 is 2.80 bits per heavy atom. The molecule has 3 nitrogen and oxygen atoms in total. The Bertz CT molecular complexity index is 523. The second-order valence-electron chi connectivity index (χ2n) is 5.30. The predicted octanol–water partition coefficient (Wildman–Crippen LogP) is 2.29. The Balaban J connectivity index is 2.10. The largest absolute Gasteiger partial charge is 0.395 e. The molecule has 1 amide bonds. The van der Waals surface area contributed by atoms with Gasteiger partial charge in [-0.2, -0.15) is 0 Å². The number of hydrogen-bond acceptors (Lipinski definition) is 2. The molecule has 2 rings (SSSR count). The SMILES string of the molecule is CN(CC1CCC1)C(=O)c1ccccc1C#CCCO. The minimum atomic E-state index is 0.0331. The summed E-state index contributed by atoms with van der Waals surface area (Å²) in [5.74, 6) is 6.55. The fraction of sp³-hybridized carbons (Fsp3) is 0.471. The van der Waals surface area contributed by atoms with Crippen LogP contribution in [0.5, 0.6) is 0 Å². The van der Waals surface area contributed by atoms with Crippen LogP contribution in [0.15, 0.2) is 24.3 Å². The highest BCUT2D eigenvalue weighted by Crippen LogP contribution is 2.27. The van der Waals surface area contributed by atoms with Crippen LogP contribution in [0.4, 0.5) is 0 Å². The third-order valence-electron chi connectivity index (χ3n) is 3.72. The normalized spacial score (nSPS) is 14.1. The van der Waals surface area contributed by atoms with Crippen LogP contribution in [0.1, 0.15) is 41.6 Å². The summed E-state index contributed by atoms with van der Waals surface area (Å²) in [6.45, 7) is 0.877. The molecule has 1 aromatic carbocycles. The number of rotatable bonds is 4. The molecular formula is C17H21NO2. The van der Waals surface area contributed by atoms with Gasteiger partial charge >= 0.3 is 0 Å². The van der Waals surface area contributed by atoms with Gasteiger partial charge in [-0.15, -0.1) is 0 Å². The lowest BCUT2D eigenvalue weighted by Crippen LogP contribution is -2.34. The van der Waals surface area contributed by atoms with Gasteiger partial charge in [0.05, 0.1) is 12.2 Å². The Kier molecular flexibility index (Phi) is 5.20. The predicted molar refractivity (Wildman–Crippen MR) is 79.3 cm³/mol. The van der Waals surface area contributed by atoms with E-state index >= 15 is 0 Å². The molecule has 0 atom stereocenters. The van der Waals surface area contributed by atoms with E-state index in [2.05, 4.69) is 11.8 Å². The molecule has 1 aliphatic rings. The van der Waals surface area contributed by atoms with Gasteiger partial charge in [0.15, 0.2) is 0 Å². The van der Waals surface area contributed by atoms with Gasteiger partial charge in [-0.05, 0) is 30.9 Å². The number of aliphatic hydroxyl groups excluding tert-OH is 1. The van der Waals surface area contributed by atoms with Gasteiger partial charge in [-0.3, -0.25) is 4.79 Å². The minimum Gasteiger partial charge on any atom is -0.395 e. The Morgan fingerprint density at radius 2 is 2.15 bits per heavy atom. The van der Waals surface area contributed by atoms with Crippen molar-refractivity contribution in [1.29, 1.82) is 0 Å². The van der Waals surface area contributed by atoms with Crippen LogP contribution in [-0.2, 0) is 0 Å². The summed E-state index contributed by atoms with van der Waals surface area (Å²) in [7, 11) is 1.86. The van der Waals surface area contributed by atoms with E-state index in [9.17, 15) is 4.79 Å². The number of benzene rings is 1. The van der Waals surface area contributed by atoms with E-state index in [1.807, 2.05) is 31.3 Å². The summed E-state index contributed by atoms with van der Waals surface area (Å²) in [5.41, 5.74) is 1.39. The number of nitrogens with zero attached hydrogens (tertiary/aromatic N) is 1. The van der Waals surface area contributed by atoms with Gasteiger partial charge in [0.2, 0.25) is 0 Å². The second kappa shape index (κ2) is 7.12. The first-order valence-corrected chi connectivity index (χ1v) is 7.16. The highest BCUT2D eigenvalue weighted by atomic mass is 16.2. The van der Waals surface area contributed by atoms with Crippen molar-refractivity contribution in [2.45, 2.75) is 25.7 Å². The number of hydrogen-bond donors (Lipinski definition) is 1. The number of carbonyl (C=O) groups is 1. The van der Waals surface area contributed by atoms with E-state index in [1.165, 1.54) is 19.3 Å². The van der Waals surface area contributed by atoms with E-state index in [0.29, 0.717) is 17.9 Å². The molecule has 1 aliphatic carbocycles. The van der Waals surface area contributed by atoms with Crippen molar-refractivity contribution < 1.29 is 9.90 Å². The molecule has 106 valence electrons. The second-order valence-corrected chi connectivity index (χ2v) is 5.30. The fourth-order valence-electron chi connectivity index (χ4n) is 2.34. The van der Waals surface area contributed by atoms with Crippen LogP contribution in [0.25, 0.3) is 0 Å². The molecule has 0 aromatic heterocycles. The quantitative estimate of drug-likeness (QED) is 0.854. The molecule has 0 aliphatic heterocycles. The molecule has 0 radical (unpaired) electrons. The number of aliphatic hydroxyl groups is 1. The van der Waals surface area contributed by atoms with Gasteiger partial charge in [0, 0.05) is 25.6 Å². The van der Waals surface area contributed by atoms with Crippen LogP contribution in [0.3, 0.4) is 0 Å². The first-order chi connectivity index (χ1) is 9.72. The molecule has 0 saturated heterocycles. The molecule has 0 heterocycles. The monoisotopic (exact) mass is 271 g/mol. The third-order valence-corrected chi connectivity index (χ3v) is 3.72. The zero-order valence-corrected chi connectivity index (χ0v) is 11.9. The highest BCUT2D eigenvalue weighted by Gasteiger charge is 2.22. The maximum absolute atomic E-state index is 12.5. The minimum absolute atomic E-state index is 0.0331. The maximum Gasteiger partial charge on any atom is 0.254 e. The lowest BCUT2D eigenvalue weighted by Gasteiger charge is -2.30. The smallest absolute Gasteiger partial charge is 0.254 e. The molecule has 0 bridgehead atoms. The highest BCUT2D eigenvalue weighted by molar-refractivity contribution is 5.96. The van der Waals surface area contributed by atoms with E-state index in [4.69, 9.17) is 5.11 Å². The molecular weight excluding hydrogens is 250 g/mol. The van der Waals surface area contributed by atoms with Gasteiger partial charge in [0.1, 0.15) is 0 Å². The summed E-state index contributed by atoms with van der Waals surface area (Å²) >= 11 is 0. The summed E-state index contributed by atoms with van der Waals surface area (Å²) in [4.78, 5) is 14.3. The Hall–Kier alpha value is -1.79. The van der Waals surface area contributed by atoms with Crippen LogP contribution < -0.4 is 0 Å². The molecule has 0 spiro atoms. The van der Waals surface area contributed by atoms with E-state index in [0.717, 1.165) is 12.1 Å². The van der Waals surface area contributed by atoms with Crippen molar-refractivity contribution in [2.75, 3.05) is 20.2 Å². The average Bonchev–Trinajstić information content (AvgIpc) is 2.42. The number of amides is 1.